The summed E-state index contributed by atoms with van der Waals surface area (Å²) < 4.78 is 58.9. The van der Waals surface area contributed by atoms with Crippen molar-refractivity contribution in [1.29, 1.82) is 0 Å². The number of carbonyl (C=O) groups excluding carboxylic acids is 1. The predicted octanol–water partition coefficient (Wildman–Crippen LogP) is 4.54. The Morgan fingerprint density at radius 3 is 2.74 bits per heavy atom. The second-order valence-electron chi connectivity index (χ2n) is 9.78. The maximum absolute atomic E-state index is 14.4. The number of rotatable bonds is 4. The van der Waals surface area contributed by atoms with Crippen LogP contribution in [0.4, 0.5) is 23.4 Å². The number of pyridine rings is 2. The third-order valence-corrected chi connectivity index (χ3v) is 7.31. The van der Waals surface area contributed by atoms with Gasteiger partial charge in [-0.3, -0.25) is 4.79 Å². The molecule has 0 aliphatic carbocycles. The number of nitrogens with one attached hydrogen (secondary N) is 1. The number of nitrogens with zero attached hydrogens (tertiary/aromatic N) is 5. The molecule has 0 saturated carbocycles. The molecule has 5 rings (SSSR count). The Morgan fingerprint density at radius 1 is 1.21 bits per heavy atom. The van der Waals surface area contributed by atoms with E-state index < -0.39 is 29.1 Å². The van der Waals surface area contributed by atoms with Crippen LogP contribution in [-0.4, -0.2) is 56.5 Å². The van der Waals surface area contributed by atoms with Gasteiger partial charge in [0.15, 0.2) is 5.82 Å². The fourth-order valence-electron chi connectivity index (χ4n) is 5.16. The lowest BCUT2D eigenvalue weighted by Crippen LogP contribution is -2.46. The normalized spacial score (nSPS) is 19.7. The molecule has 1 saturated heterocycles. The van der Waals surface area contributed by atoms with E-state index >= 15 is 0 Å². The van der Waals surface area contributed by atoms with Gasteiger partial charge in [0.2, 0.25) is 11.8 Å². The lowest BCUT2D eigenvalue weighted by molar-refractivity contribution is -0.141. The van der Waals surface area contributed by atoms with Crippen LogP contribution in [0.3, 0.4) is 0 Å². The zero-order chi connectivity index (χ0) is 27.2. The van der Waals surface area contributed by atoms with E-state index in [0.717, 1.165) is 24.0 Å². The highest BCUT2D eigenvalue weighted by Gasteiger charge is 2.43. The van der Waals surface area contributed by atoms with Crippen LogP contribution >= 0.6 is 0 Å². The number of amides is 1. The number of likely N-dealkylation sites (tertiary alicyclic amines) is 1. The summed E-state index contributed by atoms with van der Waals surface area (Å²) in [5.41, 5.74) is 0.609. The molecule has 1 fully saturated rings. The Bertz CT molecular complexity index is 1400. The highest BCUT2D eigenvalue weighted by Crippen LogP contribution is 2.39. The first-order valence-electron chi connectivity index (χ1n) is 12.2. The van der Waals surface area contributed by atoms with Gasteiger partial charge in [-0.1, -0.05) is 0 Å². The second-order valence-corrected chi connectivity index (χ2v) is 9.78. The van der Waals surface area contributed by atoms with E-state index in [0.29, 0.717) is 49.4 Å². The quantitative estimate of drug-likeness (QED) is 0.495. The van der Waals surface area contributed by atoms with Gasteiger partial charge in [-0.2, -0.15) is 13.2 Å². The van der Waals surface area contributed by atoms with Gasteiger partial charge in [0.05, 0.1) is 30.5 Å². The highest BCUT2D eigenvalue weighted by molar-refractivity contribution is 5.84. The van der Waals surface area contributed by atoms with Gasteiger partial charge in [0, 0.05) is 36.5 Å². The molecular formula is C26H26F4N6O2. The number of hydrogen-bond donors (Lipinski definition) is 1. The molecule has 0 radical (unpaired) electrons. The van der Waals surface area contributed by atoms with Crippen LogP contribution in [0.25, 0.3) is 11.4 Å². The van der Waals surface area contributed by atoms with Crippen molar-refractivity contribution in [1.82, 2.24) is 24.8 Å². The van der Waals surface area contributed by atoms with Gasteiger partial charge in [-0.25, -0.2) is 24.3 Å². The molecule has 8 nitrogen and oxygen atoms in total. The molecule has 200 valence electrons. The maximum Gasteiger partial charge on any atom is 0.433 e. The number of aryl methyl sites for hydroxylation is 2. The van der Waals surface area contributed by atoms with Crippen molar-refractivity contribution in [3.63, 3.8) is 0 Å². The summed E-state index contributed by atoms with van der Waals surface area (Å²) in [6.07, 6.45) is -0.420. The molecule has 12 heteroatoms. The number of halogens is 4. The van der Waals surface area contributed by atoms with Crippen molar-refractivity contribution in [2.75, 3.05) is 25.5 Å². The van der Waals surface area contributed by atoms with Crippen molar-refractivity contribution in [2.45, 2.75) is 50.7 Å². The molecule has 1 amide bonds. The maximum atomic E-state index is 14.4. The van der Waals surface area contributed by atoms with Gasteiger partial charge in [-0.05, 0) is 50.8 Å². The van der Waals surface area contributed by atoms with Crippen LogP contribution in [0.15, 0.2) is 30.6 Å². The first-order chi connectivity index (χ1) is 18.0. The number of aromatic nitrogens is 4. The number of carbonyl (C=O) groups is 1. The summed E-state index contributed by atoms with van der Waals surface area (Å²) in [4.78, 5) is 31.2. The van der Waals surface area contributed by atoms with Crippen LogP contribution < -0.4 is 10.1 Å². The van der Waals surface area contributed by atoms with Crippen molar-refractivity contribution < 1.29 is 27.1 Å². The van der Waals surface area contributed by atoms with E-state index in [1.165, 1.54) is 13.2 Å². The molecule has 2 aliphatic heterocycles. The van der Waals surface area contributed by atoms with Crippen molar-refractivity contribution >= 4 is 11.7 Å². The van der Waals surface area contributed by atoms with Gasteiger partial charge >= 0.3 is 6.18 Å². The fraction of sp³-hybridized carbons (Fsp3) is 0.423. The first-order valence-corrected chi connectivity index (χ1v) is 12.2. The highest BCUT2D eigenvalue weighted by atomic mass is 19.4. The monoisotopic (exact) mass is 530 g/mol. The van der Waals surface area contributed by atoms with E-state index in [1.54, 1.807) is 24.8 Å². The largest absolute Gasteiger partial charge is 0.481 e. The molecule has 3 aromatic heterocycles. The Morgan fingerprint density at radius 2 is 2.00 bits per heavy atom. The van der Waals surface area contributed by atoms with Gasteiger partial charge < -0.3 is 15.0 Å². The molecule has 0 aromatic carbocycles. The Balaban J connectivity index is 1.34. The smallest absolute Gasteiger partial charge is 0.433 e. The summed E-state index contributed by atoms with van der Waals surface area (Å²) in [6, 6.07) is 4.06. The van der Waals surface area contributed by atoms with Crippen LogP contribution in [0.2, 0.25) is 0 Å². The number of ether oxygens (including phenoxy) is 1. The summed E-state index contributed by atoms with van der Waals surface area (Å²) in [6.45, 7) is 4.30. The van der Waals surface area contributed by atoms with Gasteiger partial charge in [0.25, 0.3) is 0 Å². The number of methoxy groups -OCH3 is 1. The summed E-state index contributed by atoms with van der Waals surface area (Å²) in [7, 11) is 1.43. The van der Waals surface area contributed by atoms with E-state index in [9.17, 15) is 22.4 Å². The topological polar surface area (TPSA) is 93.1 Å². The van der Waals surface area contributed by atoms with Crippen LogP contribution in [0.1, 0.15) is 48.2 Å². The molecule has 1 N–H and O–H groups in total. The third-order valence-electron chi connectivity index (χ3n) is 7.31. The Hall–Kier alpha value is -3.83. The minimum Gasteiger partial charge on any atom is -0.481 e. The van der Waals surface area contributed by atoms with E-state index in [-0.39, 0.29) is 23.2 Å². The average molecular weight is 531 g/mol. The zero-order valence-electron chi connectivity index (χ0n) is 21.1. The molecule has 1 spiro atoms. The Kier molecular flexibility index (Phi) is 6.44. The van der Waals surface area contributed by atoms with Crippen LogP contribution in [0, 0.1) is 12.7 Å². The standard InChI is InChI=1S/C26H26F4N6O2/c1-14(17-11-21(38-3)32-12-19(17)27)24(37)36-9-7-25(13-36)6-4-16-10-18(15(2)33-22(16)35-25)23-31-8-5-20(34-23)26(28,29)30/h5,8,10-12,14H,4,6-7,9,13H2,1-3H3,(H,33,35)/t14-,25+/m1/s1. The van der Waals surface area contributed by atoms with E-state index in [2.05, 4.69) is 25.3 Å². The van der Waals surface area contributed by atoms with Crippen molar-refractivity contribution in [2.24, 2.45) is 0 Å². The lowest BCUT2D eigenvalue weighted by Gasteiger charge is -2.36. The van der Waals surface area contributed by atoms with Gasteiger partial charge in [0.1, 0.15) is 17.3 Å². The van der Waals surface area contributed by atoms with Gasteiger partial charge in [-0.15, -0.1) is 0 Å². The SMILES string of the molecule is COc1cc([C@@H](C)C(=O)N2CC[C@@]3(CCc4cc(-c5nccc(C(F)(F)F)n5)c(C)nc4N3)C2)c(F)cn1. The summed E-state index contributed by atoms with van der Waals surface area (Å²) in [5.74, 6) is -0.626. The molecular weight excluding hydrogens is 504 g/mol. The average Bonchev–Trinajstić information content (AvgIpc) is 3.30. The molecule has 3 aromatic rings. The fourth-order valence-corrected chi connectivity index (χ4v) is 5.16. The second kappa shape index (κ2) is 9.48. The van der Waals surface area contributed by atoms with Crippen molar-refractivity contribution in [3.05, 3.63) is 58.9 Å². The van der Waals surface area contributed by atoms with E-state index in [1.807, 2.05) is 0 Å². The number of alkyl halides is 3. The van der Waals surface area contributed by atoms with Crippen LogP contribution in [0.5, 0.6) is 5.88 Å². The lowest BCUT2D eigenvalue weighted by atomic mass is 9.86. The number of fused-ring (bicyclic) bond motifs is 1. The molecule has 5 heterocycles. The van der Waals surface area contributed by atoms with Crippen LogP contribution in [-0.2, 0) is 17.4 Å². The Labute approximate surface area is 216 Å². The minimum atomic E-state index is -4.57. The summed E-state index contributed by atoms with van der Waals surface area (Å²) in [5, 5.41) is 3.49. The number of hydrogen-bond acceptors (Lipinski definition) is 7. The summed E-state index contributed by atoms with van der Waals surface area (Å²) >= 11 is 0. The molecule has 0 bridgehead atoms. The molecule has 0 unspecified atom stereocenters. The molecule has 38 heavy (non-hydrogen) atoms. The first kappa shape index (κ1) is 25.8. The minimum absolute atomic E-state index is 0.0282. The zero-order valence-corrected chi connectivity index (χ0v) is 21.1. The van der Waals surface area contributed by atoms with E-state index in [4.69, 9.17) is 4.74 Å². The molecule has 2 aliphatic rings. The van der Waals surface area contributed by atoms with Crippen molar-refractivity contribution in [3.8, 4) is 17.3 Å². The molecule has 2 atom stereocenters. The predicted molar refractivity (Wildman–Crippen MR) is 130 cm³/mol. The third kappa shape index (κ3) is 4.74. The number of anilines is 1.